The zero-order valence-electron chi connectivity index (χ0n) is 7.12. The summed E-state index contributed by atoms with van der Waals surface area (Å²) >= 11 is 0. The lowest BCUT2D eigenvalue weighted by Gasteiger charge is -2.07. The van der Waals surface area contributed by atoms with Crippen molar-refractivity contribution in [2.45, 2.75) is 19.8 Å². The number of carbonyl (C=O) groups excluding carboxylic acids is 2. The van der Waals surface area contributed by atoms with Crippen molar-refractivity contribution in [1.82, 2.24) is 0 Å². The van der Waals surface area contributed by atoms with Crippen LogP contribution in [0.2, 0.25) is 0 Å². The van der Waals surface area contributed by atoms with E-state index in [9.17, 15) is 9.59 Å². The Morgan fingerprint density at radius 2 is 2.25 bits per heavy atom. The maximum Gasteiger partial charge on any atom is 0.178 e. The monoisotopic (exact) mass is 164 g/mol. The van der Waals surface area contributed by atoms with Gasteiger partial charge in [0.25, 0.3) is 0 Å². The van der Waals surface area contributed by atoms with Crippen LogP contribution in [0.3, 0.4) is 0 Å². The van der Waals surface area contributed by atoms with Gasteiger partial charge in [0.1, 0.15) is 5.78 Å². The predicted octanol–water partition coefficient (Wildman–Crippen LogP) is 1.67. The zero-order valence-corrected chi connectivity index (χ0v) is 7.12. The highest BCUT2D eigenvalue weighted by atomic mass is 16.1. The highest BCUT2D eigenvalue weighted by Gasteiger charge is 2.10. The van der Waals surface area contributed by atoms with Crippen molar-refractivity contribution >= 4 is 11.6 Å². The summed E-state index contributed by atoms with van der Waals surface area (Å²) in [5.41, 5.74) is 0. The number of rotatable bonds is 1. The maximum atomic E-state index is 11.0. The molecule has 1 rings (SSSR count). The van der Waals surface area contributed by atoms with Crippen LogP contribution >= 0.6 is 0 Å². The summed E-state index contributed by atoms with van der Waals surface area (Å²) in [6.07, 6.45) is 8.17. The third-order valence-electron chi connectivity index (χ3n) is 1.94. The molecule has 0 spiro atoms. The molecule has 0 saturated carbocycles. The Morgan fingerprint density at radius 3 is 2.92 bits per heavy atom. The summed E-state index contributed by atoms with van der Waals surface area (Å²) in [7, 11) is 0. The quantitative estimate of drug-likeness (QED) is 0.590. The highest BCUT2D eigenvalue weighted by molar-refractivity contribution is 5.99. The van der Waals surface area contributed by atoms with Gasteiger partial charge in [0, 0.05) is 5.92 Å². The van der Waals surface area contributed by atoms with E-state index in [0.29, 0.717) is 0 Å². The van der Waals surface area contributed by atoms with Crippen LogP contribution < -0.4 is 0 Å². The number of allylic oxidation sites excluding steroid dienone is 4. The lowest BCUT2D eigenvalue weighted by atomic mass is 9.96. The molecule has 0 heterocycles. The first-order valence-electron chi connectivity index (χ1n) is 4.09. The molecule has 2 heteroatoms. The van der Waals surface area contributed by atoms with Gasteiger partial charge in [-0.2, -0.15) is 0 Å². The van der Waals surface area contributed by atoms with E-state index < -0.39 is 0 Å². The molecule has 0 aromatic heterocycles. The molecule has 1 atom stereocenters. The first-order valence-corrected chi connectivity index (χ1v) is 4.09. The van der Waals surface area contributed by atoms with E-state index in [0.717, 1.165) is 12.8 Å². The van der Waals surface area contributed by atoms with Crippen molar-refractivity contribution in [3.63, 3.8) is 0 Å². The lowest BCUT2D eigenvalue weighted by molar-refractivity contribution is -0.119. The molecule has 0 saturated heterocycles. The molecule has 0 fully saturated rings. The second-order valence-corrected chi connectivity index (χ2v) is 2.96. The summed E-state index contributed by atoms with van der Waals surface area (Å²) in [6.45, 7) is 1.56. The van der Waals surface area contributed by atoms with Crippen LogP contribution in [0, 0.1) is 5.92 Å². The number of hydrogen-bond donors (Lipinski definition) is 0. The van der Waals surface area contributed by atoms with Gasteiger partial charge in [-0.15, -0.1) is 0 Å². The molecular formula is C10H12O2. The van der Waals surface area contributed by atoms with E-state index in [-0.39, 0.29) is 17.5 Å². The van der Waals surface area contributed by atoms with Gasteiger partial charge in [-0.1, -0.05) is 12.2 Å². The molecule has 0 N–H and O–H groups in total. The summed E-state index contributed by atoms with van der Waals surface area (Å²) in [5, 5.41) is 0. The van der Waals surface area contributed by atoms with Crippen LogP contribution in [-0.4, -0.2) is 11.6 Å². The van der Waals surface area contributed by atoms with E-state index in [1.54, 1.807) is 19.1 Å². The van der Waals surface area contributed by atoms with Crippen LogP contribution in [0.25, 0.3) is 0 Å². The highest BCUT2D eigenvalue weighted by Crippen LogP contribution is 2.12. The van der Waals surface area contributed by atoms with Crippen molar-refractivity contribution in [3.05, 3.63) is 24.3 Å². The van der Waals surface area contributed by atoms with Gasteiger partial charge in [-0.25, -0.2) is 0 Å². The molecule has 0 radical (unpaired) electrons. The molecule has 2 nitrogen and oxygen atoms in total. The van der Waals surface area contributed by atoms with Crippen LogP contribution in [0.1, 0.15) is 19.8 Å². The topological polar surface area (TPSA) is 34.1 Å². The first-order chi connectivity index (χ1) is 5.70. The molecule has 1 unspecified atom stereocenters. The molecule has 1 aliphatic carbocycles. The van der Waals surface area contributed by atoms with Gasteiger partial charge in [0.05, 0.1) is 0 Å². The van der Waals surface area contributed by atoms with E-state index in [1.807, 2.05) is 6.08 Å². The Hall–Kier alpha value is -1.18. The van der Waals surface area contributed by atoms with Crippen LogP contribution in [0.15, 0.2) is 24.3 Å². The first kappa shape index (κ1) is 8.91. The van der Waals surface area contributed by atoms with Gasteiger partial charge in [-0.05, 0) is 31.9 Å². The van der Waals surface area contributed by atoms with Crippen LogP contribution in [0.5, 0.6) is 0 Å². The Kier molecular flexibility index (Phi) is 2.97. The minimum Gasteiger partial charge on any atom is -0.299 e. The number of ketones is 2. The maximum absolute atomic E-state index is 11.0. The Bertz CT molecular complexity index is 249. The fourth-order valence-electron chi connectivity index (χ4n) is 1.18. The largest absolute Gasteiger partial charge is 0.299 e. The molecular weight excluding hydrogens is 152 g/mol. The number of hydrogen-bond acceptors (Lipinski definition) is 2. The fourth-order valence-corrected chi connectivity index (χ4v) is 1.18. The van der Waals surface area contributed by atoms with E-state index in [4.69, 9.17) is 0 Å². The van der Waals surface area contributed by atoms with Crippen LogP contribution in [0.4, 0.5) is 0 Å². The van der Waals surface area contributed by atoms with Crippen LogP contribution in [-0.2, 0) is 9.59 Å². The standard InChI is InChI=1S/C10H12O2/c1-8(11)9-4-2-3-5-10(12)7-6-9/h3,5-7,9H,2,4H2,1H3. The summed E-state index contributed by atoms with van der Waals surface area (Å²) in [4.78, 5) is 21.9. The minimum atomic E-state index is -0.0705. The molecule has 0 aromatic rings. The van der Waals surface area contributed by atoms with Crippen molar-refractivity contribution in [1.29, 1.82) is 0 Å². The average Bonchev–Trinajstić information content (AvgIpc) is 1.97. The van der Waals surface area contributed by atoms with Crippen molar-refractivity contribution in [3.8, 4) is 0 Å². The van der Waals surface area contributed by atoms with Gasteiger partial charge >= 0.3 is 0 Å². The van der Waals surface area contributed by atoms with Gasteiger partial charge in [0.2, 0.25) is 0 Å². The molecule has 1 aliphatic rings. The summed E-state index contributed by atoms with van der Waals surface area (Å²) in [6, 6.07) is 0. The fraction of sp³-hybridized carbons (Fsp3) is 0.400. The van der Waals surface area contributed by atoms with Crippen molar-refractivity contribution < 1.29 is 9.59 Å². The Morgan fingerprint density at radius 1 is 1.50 bits per heavy atom. The third kappa shape index (κ3) is 2.46. The Balaban J connectivity index is 2.70. The van der Waals surface area contributed by atoms with Crippen molar-refractivity contribution in [2.75, 3.05) is 0 Å². The third-order valence-corrected chi connectivity index (χ3v) is 1.94. The number of Topliss-reactive ketones (excluding diaryl/α,β-unsaturated/α-hetero) is 1. The van der Waals surface area contributed by atoms with E-state index in [1.165, 1.54) is 6.08 Å². The number of carbonyl (C=O) groups is 2. The smallest absolute Gasteiger partial charge is 0.178 e. The predicted molar refractivity (Wildman–Crippen MR) is 46.7 cm³/mol. The molecule has 0 amide bonds. The molecule has 64 valence electrons. The van der Waals surface area contributed by atoms with E-state index >= 15 is 0 Å². The average molecular weight is 164 g/mol. The second-order valence-electron chi connectivity index (χ2n) is 2.96. The normalized spacial score (nSPS) is 23.4. The van der Waals surface area contributed by atoms with E-state index in [2.05, 4.69) is 0 Å². The summed E-state index contributed by atoms with van der Waals surface area (Å²) in [5.74, 6) is 0.0363. The zero-order chi connectivity index (χ0) is 8.97. The Labute approximate surface area is 72.0 Å². The van der Waals surface area contributed by atoms with Gasteiger partial charge in [-0.3, -0.25) is 9.59 Å². The molecule has 12 heavy (non-hydrogen) atoms. The SMILES string of the molecule is CC(=O)C1C=CC(=O)C=CCC1. The van der Waals surface area contributed by atoms with Crippen molar-refractivity contribution in [2.24, 2.45) is 5.92 Å². The van der Waals surface area contributed by atoms with Gasteiger partial charge in [0.15, 0.2) is 5.78 Å². The lowest BCUT2D eigenvalue weighted by Crippen LogP contribution is -2.09. The molecule has 0 aromatic carbocycles. The molecule has 0 aliphatic heterocycles. The molecule has 0 bridgehead atoms. The second kappa shape index (κ2) is 4.00. The minimum absolute atomic E-state index is 0.0269. The summed E-state index contributed by atoms with van der Waals surface area (Å²) < 4.78 is 0. The van der Waals surface area contributed by atoms with Gasteiger partial charge < -0.3 is 0 Å².